The van der Waals surface area contributed by atoms with Gasteiger partial charge in [0.15, 0.2) is 0 Å². The number of anilines is 1. The van der Waals surface area contributed by atoms with Gasteiger partial charge in [-0.25, -0.2) is 9.97 Å². The third-order valence-electron chi connectivity index (χ3n) is 3.25. The molecule has 7 nitrogen and oxygen atoms in total. The van der Waals surface area contributed by atoms with E-state index in [2.05, 4.69) is 32.1 Å². The van der Waals surface area contributed by atoms with E-state index in [0.717, 1.165) is 26.2 Å². The Labute approximate surface area is 118 Å². The van der Waals surface area contributed by atoms with Gasteiger partial charge in [0.1, 0.15) is 5.69 Å². The lowest BCUT2D eigenvalue weighted by molar-refractivity contribution is 0.0932. The number of nitrogens with one attached hydrogen (secondary N) is 1. The molecule has 7 heteroatoms. The first-order valence-corrected chi connectivity index (χ1v) is 6.74. The molecule has 1 aliphatic rings. The minimum atomic E-state index is -0.195. The average Bonchev–Trinajstić information content (AvgIpc) is 2.48. The number of carbonyl (C=O) groups excluding carboxylic acids is 1. The maximum atomic E-state index is 11.9. The summed E-state index contributed by atoms with van der Waals surface area (Å²) in [6.45, 7) is 4.68. The van der Waals surface area contributed by atoms with Gasteiger partial charge in [-0.1, -0.05) is 0 Å². The predicted octanol–water partition coefficient (Wildman–Crippen LogP) is -0.395. The number of nitrogens with zero attached hydrogens (tertiary/aromatic N) is 4. The minimum Gasteiger partial charge on any atom is -0.383 e. The number of methoxy groups -OCH3 is 1. The number of hydrogen-bond acceptors (Lipinski definition) is 6. The molecule has 1 N–H and O–H groups in total. The van der Waals surface area contributed by atoms with Gasteiger partial charge in [0, 0.05) is 46.0 Å². The normalized spacial score (nSPS) is 16.2. The van der Waals surface area contributed by atoms with E-state index < -0.39 is 0 Å². The zero-order valence-electron chi connectivity index (χ0n) is 12.0. The van der Waals surface area contributed by atoms with Crippen molar-refractivity contribution in [3.05, 3.63) is 18.0 Å². The standard InChI is InChI=1S/C13H21N5O2/c1-17-6-8-18(9-7-17)13-15-4-3-11(16-13)12(19)14-5-10-20-2/h3-4H,5-10H2,1-2H3,(H,14,19). The summed E-state index contributed by atoms with van der Waals surface area (Å²) in [5, 5.41) is 2.76. The molecule has 0 bridgehead atoms. The Morgan fingerprint density at radius 1 is 1.40 bits per heavy atom. The fraction of sp³-hybridized carbons (Fsp3) is 0.615. The number of rotatable bonds is 5. The summed E-state index contributed by atoms with van der Waals surface area (Å²) < 4.78 is 4.90. The number of aromatic nitrogens is 2. The van der Waals surface area contributed by atoms with Gasteiger partial charge < -0.3 is 19.9 Å². The molecule has 2 rings (SSSR count). The third-order valence-corrected chi connectivity index (χ3v) is 3.25. The van der Waals surface area contributed by atoms with E-state index in [1.54, 1.807) is 19.4 Å². The van der Waals surface area contributed by atoms with Gasteiger partial charge in [0.25, 0.3) is 5.91 Å². The molecule has 2 heterocycles. The van der Waals surface area contributed by atoms with Gasteiger partial charge in [-0.15, -0.1) is 0 Å². The number of likely N-dealkylation sites (N-methyl/N-ethyl adjacent to an activating group) is 1. The summed E-state index contributed by atoms with van der Waals surface area (Å²) >= 11 is 0. The Kier molecular flexibility index (Phi) is 5.25. The van der Waals surface area contributed by atoms with Crippen LogP contribution < -0.4 is 10.2 Å². The lowest BCUT2D eigenvalue weighted by Gasteiger charge is -2.32. The van der Waals surface area contributed by atoms with E-state index in [4.69, 9.17) is 4.74 Å². The number of hydrogen-bond donors (Lipinski definition) is 1. The summed E-state index contributed by atoms with van der Waals surface area (Å²) in [5.74, 6) is 0.428. The zero-order valence-corrected chi connectivity index (χ0v) is 12.0. The SMILES string of the molecule is COCCNC(=O)c1ccnc(N2CCN(C)CC2)n1. The smallest absolute Gasteiger partial charge is 0.270 e. The van der Waals surface area contributed by atoms with E-state index in [9.17, 15) is 4.79 Å². The molecule has 1 fully saturated rings. The molecular weight excluding hydrogens is 258 g/mol. The fourth-order valence-corrected chi connectivity index (χ4v) is 1.99. The van der Waals surface area contributed by atoms with Crippen LogP contribution in [-0.2, 0) is 4.74 Å². The van der Waals surface area contributed by atoms with Crippen molar-refractivity contribution in [3.8, 4) is 0 Å². The monoisotopic (exact) mass is 279 g/mol. The summed E-state index contributed by atoms with van der Waals surface area (Å²) in [7, 11) is 3.69. The third kappa shape index (κ3) is 3.88. The lowest BCUT2D eigenvalue weighted by Crippen LogP contribution is -2.45. The Morgan fingerprint density at radius 2 is 2.15 bits per heavy atom. The van der Waals surface area contributed by atoms with Crippen LogP contribution in [0.3, 0.4) is 0 Å². The predicted molar refractivity (Wildman–Crippen MR) is 76.0 cm³/mol. The van der Waals surface area contributed by atoms with E-state index in [1.165, 1.54) is 0 Å². The maximum absolute atomic E-state index is 11.9. The molecule has 0 saturated carbocycles. The first-order chi connectivity index (χ1) is 9.70. The van der Waals surface area contributed by atoms with Crippen LogP contribution in [0.2, 0.25) is 0 Å². The van der Waals surface area contributed by atoms with Crippen LogP contribution >= 0.6 is 0 Å². The van der Waals surface area contributed by atoms with Crippen molar-refractivity contribution in [2.75, 3.05) is 58.4 Å². The molecule has 1 saturated heterocycles. The fourth-order valence-electron chi connectivity index (χ4n) is 1.99. The summed E-state index contributed by atoms with van der Waals surface area (Å²) in [6, 6.07) is 1.63. The van der Waals surface area contributed by atoms with Gasteiger partial charge in [0.2, 0.25) is 5.95 Å². The molecular formula is C13H21N5O2. The number of amides is 1. The second-order valence-electron chi connectivity index (χ2n) is 4.78. The molecule has 20 heavy (non-hydrogen) atoms. The second-order valence-corrected chi connectivity index (χ2v) is 4.78. The highest BCUT2D eigenvalue weighted by molar-refractivity contribution is 5.92. The van der Waals surface area contributed by atoms with Crippen LogP contribution in [0.5, 0.6) is 0 Å². The first kappa shape index (κ1) is 14.7. The van der Waals surface area contributed by atoms with Crippen molar-refractivity contribution in [2.45, 2.75) is 0 Å². The van der Waals surface area contributed by atoms with Gasteiger partial charge in [0.05, 0.1) is 6.61 Å². The summed E-state index contributed by atoms with van der Waals surface area (Å²) in [6.07, 6.45) is 1.63. The van der Waals surface area contributed by atoms with Crippen LogP contribution in [-0.4, -0.2) is 74.3 Å². The van der Waals surface area contributed by atoms with Crippen molar-refractivity contribution in [3.63, 3.8) is 0 Å². The zero-order chi connectivity index (χ0) is 14.4. The molecule has 0 atom stereocenters. The Bertz CT molecular complexity index is 446. The molecule has 0 aromatic carbocycles. The highest BCUT2D eigenvalue weighted by Gasteiger charge is 2.17. The van der Waals surface area contributed by atoms with Gasteiger partial charge in [-0.05, 0) is 13.1 Å². The molecule has 110 valence electrons. The number of piperazine rings is 1. The average molecular weight is 279 g/mol. The van der Waals surface area contributed by atoms with Crippen molar-refractivity contribution in [2.24, 2.45) is 0 Å². The minimum absolute atomic E-state index is 0.195. The van der Waals surface area contributed by atoms with Crippen LogP contribution in [0, 0.1) is 0 Å². The first-order valence-electron chi connectivity index (χ1n) is 6.74. The molecule has 1 aliphatic heterocycles. The van der Waals surface area contributed by atoms with E-state index in [1.807, 2.05) is 0 Å². The Hall–Kier alpha value is -1.73. The van der Waals surface area contributed by atoms with Crippen LogP contribution in [0.4, 0.5) is 5.95 Å². The van der Waals surface area contributed by atoms with Crippen molar-refractivity contribution < 1.29 is 9.53 Å². The van der Waals surface area contributed by atoms with E-state index >= 15 is 0 Å². The molecule has 1 aromatic heterocycles. The second kappa shape index (κ2) is 7.16. The number of carbonyl (C=O) groups is 1. The van der Waals surface area contributed by atoms with Crippen LogP contribution in [0.1, 0.15) is 10.5 Å². The summed E-state index contributed by atoms with van der Waals surface area (Å²) in [5.41, 5.74) is 0.394. The summed E-state index contributed by atoms with van der Waals surface area (Å²) in [4.78, 5) is 24.9. The van der Waals surface area contributed by atoms with Gasteiger partial charge in [-0.3, -0.25) is 4.79 Å². The molecule has 0 aliphatic carbocycles. The van der Waals surface area contributed by atoms with Crippen molar-refractivity contribution >= 4 is 11.9 Å². The van der Waals surface area contributed by atoms with E-state index in [-0.39, 0.29) is 5.91 Å². The molecule has 1 aromatic rings. The molecule has 0 radical (unpaired) electrons. The number of ether oxygens (including phenoxy) is 1. The Morgan fingerprint density at radius 3 is 2.85 bits per heavy atom. The van der Waals surface area contributed by atoms with E-state index in [0.29, 0.717) is 24.8 Å². The Balaban J connectivity index is 1.98. The van der Waals surface area contributed by atoms with Crippen LogP contribution in [0.15, 0.2) is 12.3 Å². The quantitative estimate of drug-likeness (QED) is 0.740. The van der Waals surface area contributed by atoms with Crippen molar-refractivity contribution in [1.82, 2.24) is 20.2 Å². The van der Waals surface area contributed by atoms with Gasteiger partial charge >= 0.3 is 0 Å². The highest BCUT2D eigenvalue weighted by atomic mass is 16.5. The van der Waals surface area contributed by atoms with Crippen LogP contribution in [0.25, 0.3) is 0 Å². The largest absolute Gasteiger partial charge is 0.383 e. The molecule has 0 spiro atoms. The lowest BCUT2D eigenvalue weighted by atomic mass is 10.3. The maximum Gasteiger partial charge on any atom is 0.270 e. The molecule has 0 unspecified atom stereocenters. The van der Waals surface area contributed by atoms with Gasteiger partial charge in [-0.2, -0.15) is 0 Å². The topological polar surface area (TPSA) is 70.6 Å². The molecule has 1 amide bonds. The van der Waals surface area contributed by atoms with Crippen molar-refractivity contribution in [1.29, 1.82) is 0 Å². The highest BCUT2D eigenvalue weighted by Crippen LogP contribution is 2.10.